The van der Waals surface area contributed by atoms with Crippen LogP contribution in [0.5, 0.6) is 5.75 Å². The molecule has 1 aliphatic heterocycles. The second-order valence-electron chi connectivity index (χ2n) is 9.20. The average Bonchev–Trinajstić information content (AvgIpc) is 3.37. The summed E-state index contributed by atoms with van der Waals surface area (Å²) < 4.78 is 6.36. The van der Waals surface area contributed by atoms with Crippen LogP contribution in [0.4, 0.5) is 5.69 Å². The molecule has 0 amide bonds. The molecule has 4 aromatic carbocycles. The number of anilines is 1. The zero-order chi connectivity index (χ0) is 22.0. The second kappa shape index (κ2) is 8.78. The van der Waals surface area contributed by atoms with Crippen molar-refractivity contribution in [3.63, 3.8) is 0 Å². The van der Waals surface area contributed by atoms with Crippen LogP contribution < -0.4 is 10.1 Å². The van der Waals surface area contributed by atoms with E-state index in [1.807, 2.05) is 0 Å². The van der Waals surface area contributed by atoms with Crippen molar-refractivity contribution in [2.24, 2.45) is 5.92 Å². The van der Waals surface area contributed by atoms with Crippen LogP contribution in [0, 0.1) is 5.92 Å². The van der Waals surface area contributed by atoms with Crippen LogP contribution in [-0.4, -0.2) is 6.61 Å². The molecule has 1 N–H and O–H groups in total. The lowest BCUT2D eigenvalue weighted by Crippen LogP contribution is -2.29. The highest BCUT2D eigenvalue weighted by molar-refractivity contribution is 5.87. The van der Waals surface area contributed by atoms with Crippen LogP contribution in [0.3, 0.4) is 0 Å². The number of allylic oxidation sites excluding steroid dienone is 2. The van der Waals surface area contributed by atoms with Gasteiger partial charge in [0.15, 0.2) is 0 Å². The van der Waals surface area contributed by atoms with E-state index in [0.717, 1.165) is 31.6 Å². The van der Waals surface area contributed by atoms with E-state index in [4.69, 9.17) is 4.74 Å². The third-order valence-corrected chi connectivity index (χ3v) is 7.23. The molecule has 3 unspecified atom stereocenters. The first-order chi connectivity index (χ1) is 16.4. The van der Waals surface area contributed by atoms with Gasteiger partial charge in [-0.1, -0.05) is 97.1 Å². The summed E-state index contributed by atoms with van der Waals surface area (Å²) in [6.45, 7) is 0.718. The highest BCUT2D eigenvalue weighted by atomic mass is 16.5. The number of hydrogen-bond donors (Lipinski definition) is 1. The van der Waals surface area contributed by atoms with E-state index in [2.05, 4.69) is 108 Å². The van der Waals surface area contributed by atoms with Crippen molar-refractivity contribution in [1.29, 1.82) is 0 Å². The standard InChI is InChI=1S/C31H29NO/c1-2-10-22(11-3-1)12-9-21-33-29-20-8-19-28-25-16-7-18-27(25)30(32-31(28)29)26-17-6-14-23-13-4-5-15-24(23)26/h1-8,10-11,13-17,19-20,25,27,30,32H,9,12,18,21H2. The molecule has 2 heteroatoms. The lowest BCUT2D eigenvalue weighted by Gasteiger charge is -2.38. The maximum absolute atomic E-state index is 6.36. The highest BCUT2D eigenvalue weighted by Crippen LogP contribution is 2.52. The number of rotatable bonds is 6. The monoisotopic (exact) mass is 431 g/mol. The summed E-state index contributed by atoms with van der Waals surface area (Å²) in [5.41, 5.74) is 5.29. The third kappa shape index (κ3) is 3.80. The van der Waals surface area contributed by atoms with E-state index in [1.165, 1.54) is 33.2 Å². The van der Waals surface area contributed by atoms with E-state index in [1.54, 1.807) is 0 Å². The van der Waals surface area contributed by atoms with Gasteiger partial charge in [0.1, 0.15) is 5.75 Å². The Kier molecular flexibility index (Phi) is 5.35. The minimum atomic E-state index is 0.262. The Labute approximate surface area is 195 Å². The van der Waals surface area contributed by atoms with E-state index in [-0.39, 0.29) is 6.04 Å². The molecule has 0 bridgehead atoms. The molecule has 1 heterocycles. The van der Waals surface area contributed by atoms with Crippen molar-refractivity contribution in [1.82, 2.24) is 0 Å². The Morgan fingerprint density at radius 2 is 1.58 bits per heavy atom. The molecule has 1 aliphatic carbocycles. The third-order valence-electron chi connectivity index (χ3n) is 7.23. The number of nitrogens with one attached hydrogen (secondary N) is 1. The quantitative estimate of drug-likeness (QED) is 0.250. The number of para-hydroxylation sites is 1. The predicted octanol–water partition coefficient (Wildman–Crippen LogP) is 7.68. The van der Waals surface area contributed by atoms with Crippen molar-refractivity contribution in [3.05, 3.63) is 120 Å². The van der Waals surface area contributed by atoms with E-state index in [0.29, 0.717) is 11.8 Å². The van der Waals surface area contributed by atoms with Crippen LogP contribution in [0.2, 0.25) is 0 Å². The normalized spacial score (nSPS) is 20.8. The van der Waals surface area contributed by atoms with Gasteiger partial charge in [0.05, 0.1) is 18.3 Å². The summed E-state index contributed by atoms with van der Waals surface area (Å²) >= 11 is 0. The number of ether oxygens (including phenoxy) is 1. The van der Waals surface area contributed by atoms with Gasteiger partial charge in [-0.15, -0.1) is 0 Å². The first-order valence-electron chi connectivity index (χ1n) is 12.1. The largest absolute Gasteiger partial charge is 0.491 e. The Balaban J connectivity index is 1.29. The smallest absolute Gasteiger partial charge is 0.142 e. The van der Waals surface area contributed by atoms with Crippen LogP contribution >= 0.6 is 0 Å². The molecule has 0 saturated heterocycles. The fourth-order valence-electron chi connectivity index (χ4n) is 5.65. The zero-order valence-corrected chi connectivity index (χ0v) is 18.8. The molecular weight excluding hydrogens is 402 g/mol. The average molecular weight is 432 g/mol. The summed E-state index contributed by atoms with van der Waals surface area (Å²) in [6.07, 6.45) is 7.91. The Bertz CT molecular complexity index is 1290. The maximum atomic E-state index is 6.36. The Hall–Kier alpha value is -3.52. The lowest BCUT2D eigenvalue weighted by molar-refractivity contribution is 0.309. The summed E-state index contributed by atoms with van der Waals surface area (Å²) in [5, 5.41) is 6.58. The first kappa shape index (κ1) is 20.1. The topological polar surface area (TPSA) is 21.3 Å². The van der Waals surface area contributed by atoms with Gasteiger partial charge in [-0.2, -0.15) is 0 Å². The van der Waals surface area contributed by atoms with Crippen LogP contribution in [0.25, 0.3) is 10.8 Å². The molecule has 0 radical (unpaired) electrons. The molecule has 33 heavy (non-hydrogen) atoms. The van der Waals surface area contributed by atoms with Gasteiger partial charge in [0.2, 0.25) is 0 Å². The minimum absolute atomic E-state index is 0.262. The molecule has 2 nitrogen and oxygen atoms in total. The molecule has 0 spiro atoms. The maximum Gasteiger partial charge on any atom is 0.142 e. The Morgan fingerprint density at radius 1 is 0.788 bits per heavy atom. The van der Waals surface area contributed by atoms with Crippen LogP contribution in [-0.2, 0) is 6.42 Å². The summed E-state index contributed by atoms with van der Waals surface area (Å²) in [5.74, 6) is 1.93. The number of fused-ring (bicyclic) bond motifs is 4. The lowest BCUT2D eigenvalue weighted by atomic mass is 9.76. The van der Waals surface area contributed by atoms with Crippen molar-refractivity contribution in [2.75, 3.05) is 11.9 Å². The number of aryl methyl sites for hydroxylation is 1. The number of hydrogen-bond acceptors (Lipinski definition) is 2. The van der Waals surface area contributed by atoms with Crippen LogP contribution in [0.15, 0.2) is 103 Å². The van der Waals surface area contributed by atoms with Crippen LogP contribution in [0.1, 0.15) is 41.5 Å². The van der Waals surface area contributed by atoms with Crippen molar-refractivity contribution in [2.45, 2.75) is 31.2 Å². The Morgan fingerprint density at radius 3 is 2.52 bits per heavy atom. The molecule has 0 saturated carbocycles. The highest BCUT2D eigenvalue weighted by Gasteiger charge is 2.39. The van der Waals surface area contributed by atoms with Crippen molar-refractivity contribution >= 4 is 16.5 Å². The predicted molar refractivity (Wildman–Crippen MR) is 137 cm³/mol. The molecule has 0 aromatic heterocycles. The SMILES string of the molecule is C1=CC2c3cccc(OCCCc4ccccc4)c3NC(c3cccc4ccccc34)C2C1. The van der Waals surface area contributed by atoms with Gasteiger partial charge < -0.3 is 10.1 Å². The summed E-state index contributed by atoms with van der Waals surface area (Å²) in [4.78, 5) is 0. The van der Waals surface area contributed by atoms with Crippen molar-refractivity contribution in [3.8, 4) is 5.75 Å². The molecule has 2 aliphatic rings. The fourth-order valence-corrected chi connectivity index (χ4v) is 5.65. The van der Waals surface area contributed by atoms with Gasteiger partial charge in [0, 0.05) is 5.92 Å². The summed E-state index contributed by atoms with van der Waals surface area (Å²) in [6, 6.07) is 32.9. The zero-order valence-electron chi connectivity index (χ0n) is 18.8. The molecule has 3 atom stereocenters. The van der Waals surface area contributed by atoms with Crippen molar-refractivity contribution < 1.29 is 4.74 Å². The van der Waals surface area contributed by atoms with Gasteiger partial charge in [-0.05, 0) is 58.7 Å². The van der Waals surface area contributed by atoms with E-state index < -0.39 is 0 Å². The molecule has 0 fully saturated rings. The molecule has 6 rings (SSSR count). The molecule has 164 valence electrons. The van der Waals surface area contributed by atoms with Gasteiger partial charge >= 0.3 is 0 Å². The first-order valence-corrected chi connectivity index (χ1v) is 12.1. The van der Waals surface area contributed by atoms with Gasteiger partial charge in [0.25, 0.3) is 0 Å². The van der Waals surface area contributed by atoms with Gasteiger partial charge in [-0.3, -0.25) is 0 Å². The second-order valence-corrected chi connectivity index (χ2v) is 9.20. The summed E-state index contributed by atoms with van der Waals surface area (Å²) in [7, 11) is 0. The van der Waals surface area contributed by atoms with E-state index >= 15 is 0 Å². The van der Waals surface area contributed by atoms with Gasteiger partial charge in [-0.25, -0.2) is 0 Å². The fraction of sp³-hybridized carbons (Fsp3) is 0.226. The minimum Gasteiger partial charge on any atom is -0.491 e. The molecule has 4 aromatic rings. The molecular formula is C31H29NO. The van der Waals surface area contributed by atoms with E-state index in [9.17, 15) is 0 Å². The number of benzene rings is 4.